The summed E-state index contributed by atoms with van der Waals surface area (Å²) in [5.41, 5.74) is 1.28. The van der Waals surface area contributed by atoms with E-state index in [-0.39, 0.29) is 0 Å². The Hall–Kier alpha value is -2.10. The molecule has 20 heavy (non-hydrogen) atoms. The molecule has 1 aromatic heterocycles. The van der Waals surface area contributed by atoms with Gasteiger partial charge in [-0.05, 0) is 32.4 Å². The third kappa shape index (κ3) is 3.95. The van der Waals surface area contributed by atoms with Gasteiger partial charge < -0.3 is 10.2 Å². The zero-order chi connectivity index (χ0) is 14.4. The number of aromatic nitrogens is 2. The van der Waals surface area contributed by atoms with Gasteiger partial charge in [0.1, 0.15) is 5.82 Å². The Morgan fingerprint density at radius 2 is 1.90 bits per heavy atom. The topological polar surface area (TPSA) is 41.1 Å². The average Bonchev–Trinajstić information content (AvgIpc) is 2.45. The Balaban J connectivity index is 2.15. The number of anilines is 2. The van der Waals surface area contributed by atoms with Gasteiger partial charge in [-0.25, -0.2) is 4.98 Å². The van der Waals surface area contributed by atoms with Crippen molar-refractivity contribution in [2.45, 2.75) is 33.4 Å². The first-order chi connectivity index (χ1) is 9.69. The lowest BCUT2D eigenvalue weighted by Crippen LogP contribution is -2.24. The number of hydrogen-bond donors (Lipinski definition) is 1. The third-order valence-electron chi connectivity index (χ3n) is 2.98. The summed E-state index contributed by atoms with van der Waals surface area (Å²) in [5, 5.41) is 3.24. The number of rotatable bonds is 6. The molecule has 1 N–H and O–H groups in total. The van der Waals surface area contributed by atoms with Crippen LogP contribution in [0, 0.1) is 0 Å². The number of nitrogens with one attached hydrogen (secondary N) is 1. The van der Waals surface area contributed by atoms with E-state index < -0.39 is 0 Å². The molecule has 1 aromatic carbocycles. The molecule has 106 valence electrons. The van der Waals surface area contributed by atoms with Crippen LogP contribution in [0.15, 0.2) is 42.6 Å². The van der Waals surface area contributed by atoms with Crippen molar-refractivity contribution in [2.75, 3.05) is 16.8 Å². The summed E-state index contributed by atoms with van der Waals surface area (Å²) in [7, 11) is 0. The highest BCUT2D eigenvalue weighted by Gasteiger charge is 2.08. The summed E-state index contributed by atoms with van der Waals surface area (Å²) in [6.45, 7) is 8.07. The van der Waals surface area contributed by atoms with E-state index in [1.54, 1.807) is 6.20 Å². The molecule has 4 nitrogen and oxygen atoms in total. The Labute approximate surface area is 120 Å². The molecule has 0 amide bonds. The van der Waals surface area contributed by atoms with Crippen molar-refractivity contribution in [2.24, 2.45) is 0 Å². The van der Waals surface area contributed by atoms with Gasteiger partial charge >= 0.3 is 0 Å². The van der Waals surface area contributed by atoms with Gasteiger partial charge in [0.25, 0.3) is 0 Å². The van der Waals surface area contributed by atoms with E-state index in [2.05, 4.69) is 65.2 Å². The minimum absolute atomic E-state index is 0.328. The predicted octanol–water partition coefficient (Wildman–Crippen LogP) is 3.32. The van der Waals surface area contributed by atoms with Crippen LogP contribution in [0.1, 0.15) is 26.3 Å². The minimum Gasteiger partial charge on any atom is -0.352 e. The zero-order valence-corrected chi connectivity index (χ0v) is 12.4. The molecule has 4 heteroatoms. The lowest BCUT2D eigenvalue weighted by atomic mass is 10.2. The molecule has 0 fully saturated rings. The van der Waals surface area contributed by atoms with Gasteiger partial charge in [-0.3, -0.25) is 0 Å². The van der Waals surface area contributed by atoms with Gasteiger partial charge in [-0.1, -0.05) is 30.3 Å². The van der Waals surface area contributed by atoms with Crippen LogP contribution in [0.4, 0.5) is 11.8 Å². The normalized spacial score (nSPS) is 10.6. The monoisotopic (exact) mass is 270 g/mol. The molecule has 1 heterocycles. The van der Waals surface area contributed by atoms with Gasteiger partial charge in [-0.2, -0.15) is 4.98 Å². The van der Waals surface area contributed by atoms with E-state index in [0.29, 0.717) is 12.0 Å². The number of hydrogen-bond acceptors (Lipinski definition) is 4. The first-order valence-electron chi connectivity index (χ1n) is 7.07. The second-order valence-corrected chi connectivity index (χ2v) is 5.04. The fourth-order valence-electron chi connectivity index (χ4n) is 2.01. The first kappa shape index (κ1) is 14.3. The SMILES string of the molecule is CCN(Cc1ccccc1)c1ccnc(NC(C)C)n1. The number of nitrogens with zero attached hydrogens (tertiary/aromatic N) is 3. The Kier molecular flexibility index (Phi) is 4.93. The summed E-state index contributed by atoms with van der Waals surface area (Å²) in [4.78, 5) is 11.1. The van der Waals surface area contributed by atoms with Crippen LogP contribution in [0.3, 0.4) is 0 Å². The van der Waals surface area contributed by atoms with Crippen LogP contribution in [-0.4, -0.2) is 22.6 Å². The standard InChI is InChI=1S/C16H22N4/c1-4-20(12-14-8-6-5-7-9-14)15-10-11-17-16(19-15)18-13(2)3/h5-11,13H,4,12H2,1-3H3,(H,17,18,19). The van der Waals surface area contributed by atoms with Crippen LogP contribution in [0.5, 0.6) is 0 Å². The second kappa shape index (κ2) is 6.89. The zero-order valence-electron chi connectivity index (χ0n) is 12.4. The molecule has 0 spiro atoms. The van der Waals surface area contributed by atoms with Crippen molar-refractivity contribution in [3.63, 3.8) is 0 Å². The molecule has 0 radical (unpaired) electrons. The van der Waals surface area contributed by atoms with Gasteiger partial charge in [0.05, 0.1) is 0 Å². The summed E-state index contributed by atoms with van der Waals surface area (Å²) in [6.07, 6.45) is 1.81. The first-order valence-corrected chi connectivity index (χ1v) is 7.07. The smallest absolute Gasteiger partial charge is 0.224 e. The van der Waals surface area contributed by atoms with Crippen molar-refractivity contribution >= 4 is 11.8 Å². The van der Waals surface area contributed by atoms with E-state index in [4.69, 9.17) is 0 Å². The highest BCUT2D eigenvalue weighted by atomic mass is 15.2. The van der Waals surface area contributed by atoms with Crippen LogP contribution in [0.2, 0.25) is 0 Å². The van der Waals surface area contributed by atoms with E-state index in [1.165, 1.54) is 5.56 Å². The molecule has 0 unspecified atom stereocenters. The fraction of sp³-hybridized carbons (Fsp3) is 0.375. The van der Waals surface area contributed by atoms with Crippen LogP contribution in [-0.2, 0) is 6.54 Å². The van der Waals surface area contributed by atoms with Gasteiger partial charge in [0.2, 0.25) is 5.95 Å². The Morgan fingerprint density at radius 3 is 2.55 bits per heavy atom. The molecule has 0 bridgehead atoms. The number of benzene rings is 1. The third-order valence-corrected chi connectivity index (χ3v) is 2.98. The molecule has 2 rings (SSSR count). The van der Waals surface area contributed by atoms with Crippen molar-refractivity contribution in [1.82, 2.24) is 9.97 Å². The van der Waals surface area contributed by atoms with E-state index in [0.717, 1.165) is 18.9 Å². The molecular weight excluding hydrogens is 248 g/mol. The molecule has 0 saturated heterocycles. The van der Waals surface area contributed by atoms with Gasteiger partial charge in [-0.15, -0.1) is 0 Å². The Morgan fingerprint density at radius 1 is 1.15 bits per heavy atom. The van der Waals surface area contributed by atoms with E-state index in [1.807, 2.05) is 12.1 Å². The Bertz CT molecular complexity index is 525. The minimum atomic E-state index is 0.328. The van der Waals surface area contributed by atoms with Gasteiger partial charge in [0.15, 0.2) is 0 Å². The summed E-state index contributed by atoms with van der Waals surface area (Å²) < 4.78 is 0. The van der Waals surface area contributed by atoms with Crippen LogP contribution < -0.4 is 10.2 Å². The van der Waals surface area contributed by atoms with Crippen molar-refractivity contribution in [3.8, 4) is 0 Å². The van der Waals surface area contributed by atoms with Crippen molar-refractivity contribution in [3.05, 3.63) is 48.2 Å². The predicted molar refractivity (Wildman–Crippen MR) is 84.0 cm³/mol. The van der Waals surface area contributed by atoms with Crippen molar-refractivity contribution < 1.29 is 0 Å². The van der Waals surface area contributed by atoms with E-state index in [9.17, 15) is 0 Å². The van der Waals surface area contributed by atoms with E-state index >= 15 is 0 Å². The lowest BCUT2D eigenvalue weighted by Gasteiger charge is -2.22. The molecule has 0 aliphatic carbocycles. The van der Waals surface area contributed by atoms with Crippen LogP contribution in [0.25, 0.3) is 0 Å². The summed E-state index contributed by atoms with van der Waals surface area (Å²) in [5.74, 6) is 1.64. The largest absolute Gasteiger partial charge is 0.352 e. The van der Waals surface area contributed by atoms with Crippen LogP contribution >= 0.6 is 0 Å². The second-order valence-electron chi connectivity index (χ2n) is 5.04. The highest BCUT2D eigenvalue weighted by molar-refractivity contribution is 5.43. The fourth-order valence-corrected chi connectivity index (χ4v) is 2.01. The maximum Gasteiger partial charge on any atom is 0.224 e. The molecule has 2 aromatic rings. The maximum atomic E-state index is 4.58. The average molecular weight is 270 g/mol. The summed E-state index contributed by atoms with van der Waals surface area (Å²) >= 11 is 0. The molecule has 0 aliphatic heterocycles. The van der Waals surface area contributed by atoms with Gasteiger partial charge in [0, 0.05) is 25.3 Å². The molecule has 0 saturated carbocycles. The van der Waals surface area contributed by atoms with Crippen molar-refractivity contribution in [1.29, 1.82) is 0 Å². The molecule has 0 atom stereocenters. The highest BCUT2D eigenvalue weighted by Crippen LogP contribution is 2.15. The molecule has 0 aliphatic rings. The molecular formula is C16H22N4. The maximum absolute atomic E-state index is 4.58. The summed E-state index contributed by atoms with van der Waals surface area (Å²) in [6, 6.07) is 12.7. The quantitative estimate of drug-likeness (QED) is 0.874. The lowest BCUT2D eigenvalue weighted by molar-refractivity contribution is 0.804.